The summed E-state index contributed by atoms with van der Waals surface area (Å²) >= 11 is 0. The lowest BCUT2D eigenvalue weighted by Gasteiger charge is -2.12. The highest BCUT2D eigenvalue weighted by Gasteiger charge is 2.36. The zero-order chi connectivity index (χ0) is 32.1. The van der Waals surface area contributed by atoms with Gasteiger partial charge in [-0.05, 0) is 48.5 Å². The van der Waals surface area contributed by atoms with E-state index in [2.05, 4.69) is 20.4 Å². The van der Waals surface area contributed by atoms with Gasteiger partial charge >= 0.3 is 0 Å². The maximum Gasteiger partial charge on any atom is 0.270 e. The third-order valence-corrected chi connectivity index (χ3v) is 7.87. The molecule has 4 N–H and O–H groups in total. The number of nitrogen functional groups attached to an aromatic ring is 1. The molecule has 0 radical (unpaired) electrons. The van der Waals surface area contributed by atoms with Gasteiger partial charge in [-0.1, -0.05) is 24.3 Å². The van der Waals surface area contributed by atoms with Crippen molar-refractivity contribution in [1.29, 1.82) is 0 Å². The Morgan fingerprint density at radius 1 is 0.630 bits per heavy atom. The number of anilines is 1. The van der Waals surface area contributed by atoms with Gasteiger partial charge in [0.1, 0.15) is 0 Å². The summed E-state index contributed by atoms with van der Waals surface area (Å²) in [5.41, 5.74) is 10.4. The average Bonchev–Trinajstić information content (AvgIpc) is 3.79. The van der Waals surface area contributed by atoms with Crippen molar-refractivity contribution in [2.45, 2.75) is 13.1 Å². The van der Waals surface area contributed by atoms with E-state index in [0.717, 1.165) is 15.8 Å². The standard InChI is InChI=1S/C16H10N4O4.C16H12N4O2/c21-15-10-3-1-2-4-11(10)16(22)19(15)8-14-12-7-9(20(23)24)5-6-13(12)17-18-14;17-9-5-6-13-12(7-9)14(19-18-13)8-20-15(21)10-3-1-2-4-11(10)16(20)22/h1-7H,8H2,(H,17,18);1-7H,8,17H2,(H,18,19). The monoisotopic (exact) mass is 614 g/mol. The van der Waals surface area contributed by atoms with E-state index in [1.54, 1.807) is 66.7 Å². The summed E-state index contributed by atoms with van der Waals surface area (Å²) in [4.78, 5) is 62.3. The highest BCUT2D eigenvalue weighted by Crippen LogP contribution is 2.29. The molecule has 2 aromatic heterocycles. The molecule has 4 aromatic carbocycles. The van der Waals surface area contributed by atoms with Gasteiger partial charge in [0.15, 0.2) is 0 Å². The smallest absolute Gasteiger partial charge is 0.270 e. The van der Waals surface area contributed by atoms with Crippen LogP contribution in [0.3, 0.4) is 0 Å². The highest BCUT2D eigenvalue weighted by molar-refractivity contribution is 6.22. The van der Waals surface area contributed by atoms with E-state index < -0.39 is 4.92 Å². The second kappa shape index (κ2) is 10.8. The summed E-state index contributed by atoms with van der Waals surface area (Å²) in [5, 5.41) is 26.1. The fraction of sp³-hybridized carbons (Fsp3) is 0.0625. The molecular formula is C32H22N8O6. The molecule has 8 rings (SSSR count). The fourth-order valence-electron chi connectivity index (χ4n) is 5.57. The quantitative estimate of drug-likeness (QED) is 0.110. The second-order valence-corrected chi connectivity index (χ2v) is 10.6. The van der Waals surface area contributed by atoms with E-state index >= 15 is 0 Å². The summed E-state index contributed by atoms with van der Waals surface area (Å²) in [6, 6.07) is 23.0. The summed E-state index contributed by atoms with van der Waals surface area (Å²) in [5.74, 6) is -1.34. The van der Waals surface area contributed by atoms with Crippen LogP contribution in [0.2, 0.25) is 0 Å². The average molecular weight is 615 g/mol. The molecule has 226 valence electrons. The molecule has 46 heavy (non-hydrogen) atoms. The highest BCUT2D eigenvalue weighted by atomic mass is 16.6. The number of nitrogens with one attached hydrogen (secondary N) is 2. The molecule has 0 saturated carbocycles. The molecule has 6 aromatic rings. The predicted molar refractivity (Wildman–Crippen MR) is 165 cm³/mol. The molecule has 2 aliphatic heterocycles. The molecule has 0 aliphatic carbocycles. The van der Waals surface area contributed by atoms with Gasteiger partial charge in [-0.3, -0.25) is 49.3 Å². The SMILES string of the molecule is Nc1ccc2n[nH]c(CN3C(=O)c4ccccc4C3=O)c2c1.O=C1c2ccccc2C(=O)N1Cc1[nH]nc2ccc([N+](=O)[O-])cc12. The van der Waals surface area contributed by atoms with Crippen molar-refractivity contribution in [3.63, 3.8) is 0 Å². The van der Waals surface area contributed by atoms with Crippen LogP contribution in [0.25, 0.3) is 21.8 Å². The Bertz CT molecular complexity index is 2200. The number of hydrogen-bond acceptors (Lipinski definition) is 9. The maximum absolute atomic E-state index is 12.4. The van der Waals surface area contributed by atoms with E-state index in [4.69, 9.17) is 5.73 Å². The number of nitrogens with zero attached hydrogens (tertiary/aromatic N) is 5. The first-order chi connectivity index (χ1) is 22.2. The maximum atomic E-state index is 12.4. The number of fused-ring (bicyclic) bond motifs is 4. The first-order valence-electron chi connectivity index (χ1n) is 14.0. The number of nitro benzene ring substituents is 1. The number of H-pyrrole nitrogens is 2. The lowest BCUT2D eigenvalue weighted by Crippen LogP contribution is -2.29. The van der Waals surface area contributed by atoms with Crippen molar-refractivity contribution in [3.8, 4) is 0 Å². The predicted octanol–water partition coefficient (Wildman–Crippen LogP) is 4.21. The van der Waals surface area contributed by atoms with E-state index in [1.807, 2.05) is 0 Å². The molecule has 0 unspecified atom stereocenters. The molecule has 0 atom stereocenters. The Morgan fingerprint density at radius 2 is 1.04 bits per heavy atom. The number of carbonyl (C=O) groups excluding carboxylic acids is 4. The van der Waals surface area contributed by atoms with Crippen LogP contribution >= 0.6 is 0 Å². The number of nitrogens with two attached hydrogens (primary N) is 1. The summed E-state index contributed by atoms with van der Waals surface area (Å²) < 4.78 is 0. The van der Waals surface area contributed by atoms with Crippen molar-refractivity contribution in [1.82, 2.24) is 30.2 Å². The number of carbonyl (C=O) groups is 4. The Kier molecular flexibility index (Phi) is 6.58. The van der Waals surface area contributed by atoms with Crippen LogP contribution < -0.4 is 5.73 Å². The van der Waals surface area contributed by atoms with Gasteiger partial charge in [0.25, 0.3) is 29.3 Å². The molecule has 0 bridgehead atoms. The van der Waals surface area contributed by atoms with Crippen molar-refractivity contribution in [3.05, 3.63) is 129 Å². The van der Waals surface area contributed by atoms with Gasteiger partial charge in [0, 0.05) is 28.6 Å². The van der Waals surface area contributed by atoms with Crippen molar-refractivity contribution >= 4 is 56.8 Å². The van der Waals surface area contributed by atoms with E-state index in [1.165, 1.54) is 23.1 Å². The second-order valence-electron chi connectivity index (χ2n) is 10.6. The van der Waals surface area contributed by atoms with Crippen LogP contribution in [-0.2, 0) is 13.1 Å². The Labute approximate surface area is 258 Å². The number of non-ortho nitro benzene ring substituents is 1. The molecule has 4 heterocycles. The van der Waals surface area contributed by atoms with Gasteiger partial charge < -0.3 is 5.73 Å². The Balaban J connectivity index is 0.000000147. The molecule has 14 heteroatoms. The molecule has 0 spiro atoms. The Hall–Kier alpha value is -6.70. The van der Waals surface area contributed by atoms with Crippen LogP contribution in [0.1, 0.15) is 52.8 Å². The lowest BCUT2D eigenvalue weighted by molar-refractivity contribution is -0.384. The number of hydrogen-bond donors (Lipinski definition) is 3. The summed E-state index contributed by atoms with van der Waals surface area (Å²) in [6.07, 6.45) is 0. The van der Waals surface area contributed by atoms with Crippen molar-refractivity contribution < 1.29 is 24.1 Å². The minimum absolute atomic E-state index is 0.0238. The van der Waals surface area contributed by atoms with Crippen molar-refractivity contribution in [2.24, 2.45) is 0 Å². The van der Waals surface area contributed by atoms with Crippen molar-refractivity contribution in [2.75, 3.05) is 5.73 Å². The molecule has 4 amide bonds. The first kappa shape index (κ1) is 28.1. The van der Waals surface area contributed by atoms with Gasteiger partial charge in [0.05, 0.1) is 62.7 Å². The largest absolute Gasteiger partial charge is 0.399 e. The number of nitro groups is 1. The minimum atomic E-state index is -0.502. The van der Waals surface area contributed by atoms with E-state index in [-0.39, 0.29) is 42.4 Å². The van der Waals surface area contributed by atoms with Crippen LogP contribution in [0.15, 0.2) is 84.9 Å². The van der Waals surface area contributed by atoms with Crippen LogP contribution in [0.4, 0.5) is 11.4 Å². The van der Waals surface area contributed by atoms with E-state index in [9.17, 15) is 29.3 Å². The number of aromatic amines is 2. The number of imide groups is 2. The minimum Gasteiger partial charge on any atom is -0.399 e. The van der Waals surface area contributed by atoms with Crippen LogP contribution in [0.5, 0.6) is 0 Å². The third kappa shape index (κ3) is 4.61. The summed E-state index contributed by atoms with van der Waals surface area (Å²) in [7, 11) is 0. The molecule has 0 saturated heterocycles. The van der Waals surface area contributed by atoms with Gasteiger partial charge in [-0.15, -0.1) is 0 Å². The third-order valence-electron chi connectivity index (χ3n) is 7.87. The molecular weight excluding hydrogens is 592 g/mol. The summed E-state index contributed by atoms with van der Waals surface area (Å²) in [6.45, 7) is 0.121. The van der Waals surface area contributed by atoms with Gasteiger partial charge in [0.2, 0.25) is 0 Å². The number of benzene rings is 4. The fourth-order valence-corrected chi connectivity index (χ4v) is 5.57. The topological polar surface area (TPSA) is 201 Å². The lowest BCUT2D eigenvalue weighted by atomic mass is 10.1. The number of amides is 4. The Morgan fingerprint density at radius 3 is 1.48 bits per heavy atom. The van der Waals surface area contributed by atoms with Gasteiger partial charge in [-0.2, -0.15) is 10.2 Å². The van der Waals surface area contributed by atoms with Gasteiger partial charge in [-0.25, -0.2) is 0 Å². The number of aromatic nitrogens is 4. The normalized spacial score (nSPS) is 13.7. The van der Waals surface area contributed by atoms with Crippen LogP contribution in [-0.4, -0.2) is 58.7 Å². The van der Waals surface area contributed by atoms with Crippen LogP contribution in [0, 0.1) is 10.1 Å². The molecule has 14 nitrogen and oxygen atoms in total. The first-order valence-corrected chi connectivity index (χ1v) is 14.0. The number of rotatable bonds is 5. The molecule has 0 fully saturated rings. The van der Waals surface area contributed by atoms with E-state index in [0.29, 0.717) is 50.2 Å². The zero-order valence-corrected chi connectivity index (χ0v) is 23.8. The zero-order valence-electron chi connectivity index (χ0n) is 23.8. The molecule has 2 aliphatic rings.